The predicted molar refractivity (Wildman–Crippen MR) is 52.9 cm³/mol. The summed E-state index contributed by atoms with van der Waals surface area (Å²) in [5.74, 6) is 0.673. The van der Waals surface area contributed by atoms with Gasteiger partial charge in [0.15, 0.2) is 0 Å². The maximum Gasteiger partial charge on any atom is 0.245 e. The molecule has 5 nitrogen and oxygen atoms in total. The molecule has 2 rings (SSSR count). The summed E-state index contributed by atoms with van der Waals surface area (Å²) in [6.07, 6.45) is 4.53. The molecule has 1 aromatic rings. The van der Waals surface area contributed by atoms with Crippen molar-refractivity contribution in [3.63, 3.8) is 0 Å². The average molecular weight is 194 g/mol. The lowest BCUT2D eigenvalue weighted by Crippen LogP contribution is -2.58. The number of hydrogen-bond donors (Lipinski definition) is 3. The molecule has 0 spiro atoms. The molecular formula is C9H14N4O. The van der Waals surface area contributed by atoms with Gasteiger partial charge in [-0.1, -0.05) is 0 Å². The Morgan fingerprint density at radius 2 is 2.43 bits per heavy atom. The zero-order chi connectivity index (χ0) is 10.0. The molecule has 0 bridgehead atoms. The molecule has 0 aromatic carbocycles. The Bertz CT molecular complexity index is 310. The zero-order valence-electron chi connectivity index (χ0n) is 8.13. The highest BCUT2D eigenvalue weighted by atomic mass is 16.2. The van der Waals surface area contributed by atoms with Crippen LogP contribution in [0.25, 0.3) is 0 Å². The van der Waals surface area contributed by atoms with Gasteiger partial charge in [-0.3, -0.25) is 9.89 Å². The zero-order valence-corrected chi connectivity index (χ0v) is 8.13. The van der Waals surface area contributed by atoms with Crippen molar-refractivity contribution in [2.24, 2.45) is 0 Å². The van der Waals surface area contributed by atoms with Crippen LogP contribution in [0.5, 0.6) is 0 Å². The van der Waals surface area contributed by atoms with Gasteiger partial charge >= 0.3 is 0 Å². The van der Waals surface area contributed by atoms with E-state index in [4.69, 9.17) is 0 Å². The van der Waals surface area contributed by atoms with Crippen LogP contribution in [0.2, 0.25) is 0 Å². The number of anilines is 1. The normalized spacial score (nSPS) is 18.6. The van der Waals surface area contributed by atoms with Crippen molar-refractivity contribution in [3.05, 3.63) is 12.3 Å². The highest BCUT2D eigenvalue weighted by Crippen LogP contribution is 2.32. The number of aromatic amines is 1. The topological polar surface area (TPSA) is 69.8 Å². The second-order valence-corrected chi connectivity index (χ2v) is 3.61. The number of H-pyrrole nitrogens is 1. The molecule has 1 aromatic heterocycles. The van der Waals surface area contributed by atoms with Crippen molar-refractivity contribution >= 4 is 11.7 Å². The lowest BCUT2D eigenvalue weighted by Gasteiger charge is -2.39. The molecule has 0 saturated heterocycles. The van der Waals surface area contributed by atoms with E-state index in [2.05, 4.69) is 20.8 Å². The molecule has 14 heavy (non-hydrogen) atoms. The predicted octanol–water partition coefficient (Wildman–Crippen LogP) is 0.490. The van der Waals surface area contributed by atoms with Gasteiger partial charge in [-0.05, 0) is 26.3 Å². The monoisotopic (exact) mass is 194 g/mol. The van der Waals surface area contributed by atoms with E-state index in [0.717, 1.165) is 19.3 Å². The molecule has 3 N–H and O–H groups in total. The summed E-state index contributed by atoms with van der Waals surface area (Å²) in [6.45, 7) is 0. The van der Waals surface area contributed by atoms with Gasteiger partial charge in [-0.25, -0.2) is 0 Å². The Balaban J connectivity index is 2.01. The van der Waals surface area contributed by atoms with Gasteiger partial charge in [-0.15, -0.1) is 0 Å². The van der Waals surface area contributed by atoms with Crippen LogP contribution >= 0.6 is 0 Å². The fraction of sp³-hybridized carbons (Fsp3) is 0.556. The quantitative estimate of drug-likeness (QED) is 0.656. The van der Waals surface area contributed by atoms with Crippen molar-refractivity contribution in [2.75, 3.05) is 12.4 Å². The fourth-order valence-corrected chi connectivity index (χ4v) is 1.69. The summed E-state index contributed by atoms with van der Waals surface area (Å²) >= 11 is 0. The second kappa shape index (κ2) is 3.42. The Morgan fingerprint density at radius 3 is 2.86 bits per heavy atom. The maximum atomic E-state index is 11.8. The van der Waals surface area contributed by atoms with Crippen molar-refractivity contribution in [1.82, 2.24) is 15.5 Å². The summed E-state index contributed by atoms with van der Waals surface area (Å²) in [6, 6.07) is 1.74. The summed E-state index contributed by atoms with van der Waals surface area (Å²) < 4.78 is 0. The molecule has 76 valence electrons. The third kappa shape index (κ3) is 1.39. The van der Waals surface area contributed by atoms with Crippen molar-refractivity contribution in [1.29, 1.82) is 0 Å². The smallest absolute Gasteiger partial charge is 0.245 e. The van der Waals surface area contributed by atoms with E-state index in [9.17, 15) is 4.79 Å². The molecule has 1 fully saturated rings. The first kappa shape index (κ1) is 9.21. The van der Waals surface area contributed by atoms with Crippen LogP contribution in [-0.4, -0.2) is 28.7 Å². The number of carbonyl (C=O) groups is 1. The molecular weight excluding hydrogens is 180 g/mol. The molecule has 1 aliphatic carbocycles. The van der Waals surface area contributed by atoms with Crippen LogP contribution in [0.15, 0.2) is 12.3 Å². The Hall–Kier alpha value is -1.36. The first-order valence-electron chi connectivity index (χ1n) is 4.77. The van der Waals surface area contributed by atoms with Gasteiger partial charge in [0.2, 0.25) is 5.91 Å². The average Bonchev–Trinajstić information content (AvgIpc) is 2.55. The number of amides is 1. The first-order valence-corrected chi connectivity index (χ1v) is 4.77. The Labute approximate surface area is 82.3 Å². The number of hydrogen-bond acceptors (Lipinski definition) is 3. The summed E-state index contributed by atoms with van der Waals surface area (Å²) in [5, 5.41) is 12.3. The van der Waals surface area contributed by atoms with Crippen molar-refractivity contribution in [3.8, 4) is 0 Å². The molecule has 1 amide bonds. The van der Waals surface area contributed by atoms with Gasteiger partial charge in [0.1, 0.15) is 5.82 Å². The van der Waals surface area contributed by atoms with Gasteiger partial charge in [0.25, 0.3) is 0 Å². The van der Waals surface area contributed by atoms with Gasteiger partial charge in [0.05, 0.1) is 11.7 Å². The highest BCUT2D eigenvalue weighted by molar-refractivity contribution is 5.98. The minimum Gasteiger partial charge on any atom is -0.309 e. The van der Waals surface area contributed by atoms with Crippen LogP contribution in [0.3, 0.4) is 0 Å². The lowest BCUT2D eigenvalue weighted by molar-refractivity contribution is -0.125. The van der Waals surface area contributed by atoms with Gasteiger partial charge in [0, 0.05) is 6.07 Å². The molecule has 0 aliphatic heterocycles. The summed E-state index contributed by atoms with van der Waals surface area (Å²) in [4.78, 5) is 11.8. The number of likely N-dealkylation sites (N-methyl/N-ethyl adjacent to an activating group) is 1. The van der Waals surface area contributed by atoms with Crippen LogP contribution in [0.4, 0.5) is 5.82 Å². The minimum atomic E-state index is -0.356. The molecule has 1 heterocycles. The SMILES string of the molecule is CNC1(C(=O)Nc2ccn[nH]2)CCC1. The van der Waals surface area contributed by atoms with Crippen LogP contribution in [0, 0.1) is 0 Å². The second-order valence-electron chi connectivity index (χ2n) is 3.61. The van der Waals surface area contributed by atoms with Crippen LogP contribution in [0.1, 0.15) is 19.3 Å². The van der Waals surface area contributed by atoms with Gasteiger partial charge < -0.3 is 10.6 Å². The number of rotatable bonds is 3. The van der Waals surface area contributed by atoms with Gasteiger partial charge in [-0.2, -0.15) is 5.10 Å². The number of carbonyl (C=O) groups excluding carboxylic acids is 1. The van der Waals surface area contributed by atoms with Crippen LogP contribution in [-0.2, 0) is 4.79 Å². The lowest BCUT2D eigenvalue weighted by atomic mass is 9.76. The third-order valence-corrected chi connectivity index (χ3v) is 2.87. The maximum absolute atomic E-state index is 11.8. The summed E-state index contributed by atoms with van der Waals surface area (Å²) in [5.41, 5.74) is -0.356. The largest absolute Gasteiger partial charge is 0.309 e. The van der Waals surface area contributed by atoms with Crippen molar-refractivity contribution in [2.45, 2.75) is 24.8 Å². The standard InChI is InChI=1S/C9H14N4O/c1-10-9(4-2-5-9)8(14)12-7-3-6-11-13-7/h3,6,10H,2,4-5H2,1H3,(H2,11,12,13,14). The number of nitrogens with zero attached hydrogens (tertiary/aromatic N) is 1. The van der Waals surface area contributed by atoms with Crippen molar-refractivity contribution < 1.29 is 4.79 Å². The fourth-order valence-electron chi connectivity index (χ4n) is 1.69. The molecule has 1 aliphatic rings. The third-order valence-electron chi connectivity index (χ3n) is 2.87. The van der Waals surface area contributed by atoms with E-state index in [1.54, 1.807) is 12.3 Å². The highest BCUT2D eigenvalue weighted by Gasteiger charge is 2.42. The summed E-state index contributed by atoms with van der Waals surface area (Å²) in [7, 11) is 1.83. The minimum absolute atomic E-state index is 0.0236. The first-order chi connectivity index (χ1) is 6.77. The van der Waals surface area contributed by atoms with E-state index < -0.39 is 0 Å². The number of nitrogens with one attached hydrogen (secondary N) is 3. The molecule has 0 unspecified atom stereocenters. The molecule has 5 heteroatoms. The van der Waals surface area contributed by atoms with E-state index in [-0.39, 0.29) is 11.4 Å². The van der Waals surface area contributed by atoms with E-state index in [1.807, 2.05) is 7.05 Å². The van der Waals surface area contributed by atoms with E-state index in [0.29, 0.717) is 5.82 Å². The van der Waals surface area contributed by atoms with E-state index in [1.165, 1.54) is 0 Å². The molecule has 1 saturated carbocycles. The molecule has 0 radical (unpaired) electrons. The molecule has 0 atom stereocenters. The Kier molecular flexibility index (Phi) is 2.25. The van der Waals surface area contributed by atoms with E-state index >= 15 is 0 Å². The van der Waals surface area contributed by atoms with Crippen LogP contribution < -0.4 is 10.6 Å². The number of aromatic nitrogens is 2. The Morgan fingerprint density at radius 1 is 1.64 bits per heavy atom.